The molecular weight excluding hydrogens is 232 g/mol. The van der Waals surface area contributed by atoms with E-state index in [9.17, 15) is 0 Å². The number of alkyl halides is 1. The first-order chi connectivity index (χ1) is 6.24. The maximum absolute atomic E-state index is 5.30. The molecule has 0 bridgehead atoms. The van der Waals surface area contributed by atoms with Gasteiger partial charge in [0.15, 0.2) is 6.29 Å². The molecule has 1 fully saturated rings. The fourth-order valence-corrected chi connectivity index (χ4v) is 1.61. The van der Waals surface area contributed by atoms with Gasteiger partial charge >= 0.3 is 0 Å². The molecule has 0 aliphatic carbocycles. The van der Waals surface area contributed by atoms with Crippen LogP contribution in [0, 0.1) is 5.92 Å². The Kier molecular flexibility index (Phi) is 9.25. The van der Waals surface area contributed by atoms with Crippen molar-refractivity contribution in [1.82, 2.24) is 0 Å². The molecule has 1 heterocycles. The Hall–Kier alpha value is 0.400. The average Bonchev–Trinajstić information content (AvgIpc) is 2.11. The lowest BCUT2D eigenvalue weighted by Crippen LogP contribution is -2.30. The van der Waals surface area contributed by atoms with Crippen molar-refractivity contribution >= 4 is 15.9 Å². The van der Waals surface area contributed by atoms with Crippen molar-refractivity contribution in [2.75, 3.05) is 18.5 Å². The first-order valence-corrected chi connectivity index (χ1v) is 6.15. The topological polar surface area (TPSA) is 18.5 Å². The van der Waals surface area contributed by atoms with Crippen LogP contribution in [0.15, 0.2) is 0 Å². The Morgan fingerprint density at radius 3 is 2.08 bits per heavy atom. The summed E-state index contributed by atoms with van der Waals surface area (Å²) >= 11 is 3.39. The van der Waals surface area contributed by atoms with E-state index in [0.717, 1.165) is 25.0 Å². The van der Waals surface area contributed by atoms with E-state index in [1.165, 1.54) is 6.42 Å². The fraction of sp³-hybridized carbons (Fsp3) is 1.00. The van der Waals surface area contributed by atoms with Crippen molar-refractivity contribution in [1.29, 1.82) is 0 Å². The van der Waals surface area contributed by atoms with Crippen molar-refractivity contribution in [2.45, 2.75) is 39.9 Å². The highest BCUT2D eigenvalue weighted by Gasteiger charge is 2.17. The molecule has 0 radical (unpaired) electrons. The molecule has 13 heavy (non-hydrogen) atoms. The van der Waals surface area contributed by atoms with Gasteiger partial charge in [-0.05, 0) is 13.3 Å². The second kappa shape index (κ2) is 8.97. The quantitative estimate of drug-likeness (QED) is 0.703. The molecule has 0 N–H and O–H groups in total. The van der Waals surface area contributed by atoms with E-state index >= 15 is 0 Å². The molecule has 0 aromatic rings. The van der Waals surface area contributed by atoms with E-state index < -0.39 is 0 Å². The fourth-order valence-electron chi connectivity index (χ4n) is 0.960. The number of hydrogen-bond donors (Lipinski definition) is 0. The molecule has 1 rings (SSSR count). The summed E-state index contributed by atoms with van der Waals surface area (Å²) in [5, 5.41) is 1.04. The van der Waals surface area contributed by atoms with E-state index in [2.05, 4.69) is 29.8 Å². The van der Waals surface area contributed by atoms with Crippen molar-refractivity contribution in [3.63, 3.8) is 0 Å². The minimum Gasteiger partial charge on any atom is -0.353 e. The minimum absolute atomic E-state index is 0.00609. The van der Waals surface area contributed by atoms with E-state index in [-0.39, 0.29) is 6.29 Å². The van der Waals surface area contributed by atoms with Gasteiger partial charge in [-0.25, -0.2) is 0 Å². The summed E-state index contributed by atoms with van der Waals surface area (Å²) in [6, 6.07) is 0. The van der Waals surface area contributed by atoms with Gasteiger partial charge in [0.05, 0.1) is 13.2 Å². The first-order valence-electron chi connectivity index (χ1n) is 5.03. The van der Waals surface area contributed by atoms with Crippen LogP contribution in [-0.2, 0) is 9.47 Å². The summed E-state index contributed by atoms with van der Waals surface area (Å²) < 4.78 is 10.6. The van der Waals surface area contributed by atoms with Gasteiger partial charge in [0.1, 0.15) is 0 Å². The Morgan fingerprint density at radius 1 is 1.23 bits per heavy atom. The average molecular weight is 253 g/mol. The zero-order valence-corrected chi connectivity index (χ0v) is 10.5. The molecular formula is C10H21BrO2. The highest BCUT2D eigenvalue weighted by molar-refractivity contribution is 9.09. The highest BCUT2D eigenvalue weighted by Crippen LogP contribution is 2.14. The Labute approximate surface area is 90.1 Å². The molecule has 0 atom stereocenters. The van der Waals surface area contributed by atoms with Crippen LogP contribution in [0.2, 0.25) is 0 Å². The number of rotatable bonds is 2. The summed E-state index contributed by atoms with van der Waals surface area (Å²) in [5.74, 6) is 0.593. The summed E-state index contributed by atoms with van der Waals surface area (Å²) in [6.45, 7) is 7.89. The van der Waals surface area contributed by atoms with E-state index in [4.69, 9.17) is 9.47 Å². The van der Waals surface area contributed by atoms with Crippen LogP contribution in [0.1, 0.15) is 33.6 Å². The van der Waals surface area contributed by atoms with Crippen LogP contribution in [0.4, 0.5) is 0 Å². The summed E-state index contributed by atoms with van der Waals surface area (Å²) in [6.07, 6.45) is 2.40. The maximum Gasteiger partial charge on any atom is 0.154 e. The standard InChI is InChI=1S/C7H13BrO2.C3H8/c1-6-9-4-7(2-3-8)5-10-6;1-3-2/h6-7H,2-5H2,1H3;3H2,1-2H3. The van der Waals surface area contributed by atoms with Crippen LogP contribution in [0.5, 0.6) is 0 Å². The summed E-state index contributed by atoms with van der Waals surface area (Å²) in [7, 11) is 0. The third-order valence-corrected chi connectivity index (χ3v) is 2.11. The lowest BCUT2D eigenvalue weighted by atomic mass is 10.1. The van der Waals surface area contributed by atoms with E-state index in [1.807, 2.05) is 6.92 Å². The molecule has 1 aliphatic heterocycles. The van der Waals surface area contributed by atoms with E-state index in [1.54, 1.807) is 0 Å². The smallest absolute Gasteiger partial charge is 0.154 e. The Morgan fingerprint density at radius 2 is 1.69 bits per heavy atom. The van der Waals surface area contributed by atoms with Crippen molar-refractivity contribution in [3.05, 3.63) is 0 Å². The molecule has 1 saturated heterocycles. The largest absolute Gasteiger partial charge is 0.353 e. The molecule has 80 valence electrons. The van der Waals surface area contributed by atoms with Gasteiger partial charge in [-0.1, -0.05) is 36.2 Å². The monoisotopic (exact) mass is 252 g/mol. The maximum atomic E-state index is 5.30. The molecule has 1 aliphatic rings. The SMILES string of the molecule is CC1OCC(CCBr)CO1.CCC. The van der Waals surface area contributed by atoms with Crippen LogP contribution >= 0.6 is 15.9 Å². The zero-order chi connectivity index (χ0) is 10.1. The molecule has 0 unspecified atom stereocenters. The molecule has 0 saturated carbocycles. The minimum atomic E-state index is 0.00609. The Bertz CT molecular complexity index is 101. The molecule has 0 aromatic carbocycles. The molecule has 2 nitrogen and oxygen atoms in total. The van der Waals surface area contributed by atoms with Gasteiger partial charge in [0.2, 0.25) is 0 Å². The van der Waals surface area contributed by atoms with E-state index in [0.29, 0.717) is 5.92 Å². The third-order valence-electron chi connectivity index (χ3n) is 1.65. The number of halogens is 1. The summed E-state index contributed by atoms with van der Waals surface area (Å²) in [4.78, 5) is 0. The molecule has 3 heteroatoms. The lowest BCUT2D eigenvalue weighted by molar-refractivity contribution is -0.190. The van der Waals surface area contributed by atoms with Crippen LogP contribution in [-0.4, -0.2) is 24.8 Å². The van der Waals surface area contributed by atoms with Crippen LogP contribution in [0.25, 0.3) is 0 Å². The predicted molar refractivity (Wildman–Crippen MR) is 59.2 cm³/mol. The van der Waals surface area contributed by atoms with Crippen molar-refractivity contribution < 1.29 is 9.47 Å². The first kappa shape index (κ1) is 13.4. The van der Waals surface area contributed by atoms with Gasteiger partial charge < -0.3 is 9.47 Å². The van der Waals surface area contributed by atoms with Gasteiger partial charge in [0, 0.05) is 11.2 Å². The Balaban J connectivity index is 0.000000424. The van der Waals surface area contributed by atoms with Crippen LogP contribution < -0.4 is 0 Å². The second-order valence-electron chi connectivity index (χ2n) is 3.29. The summed E-state index contributed by atoms with van der Waals surface area (Å²) in [5.41, 5.74) is 0. The zero-order valence-electron chi connectivity index (χ0n) is 8.88. The van der Waals surface area contributed by atoms with Gasteiger partial charge in [0.25, 0.3) is 0 Å². The highest BCUT2D eigenvalue weighted by atomic mass is 79.9. The number of ether oxygens (including phenoxy) is 2. The molecule has 0 amide bonds. The molecule has 0 aromatic heterocycles. The van der Waals surface area contributed by atoms with Gasteiger partial charge in [-0.3, -0.25) is 0 Å². The van der Waals surface area contributed by atoms with Gasteiger partial charge in [-0.15, -0.1) is 0 Å². The van der Waals surface area contributed by atoms with Gasteiger partial charge in [-0.2, -0.15) is 0 Å². The number of hydrogen-bond acceptors (Lipinski definition) is 2. The predicted octanol–water partition coefficient (Wildman–Crippen LogP) is 3.20. The van der Waals surface area contributed by atoms with Crippen LogP contribution in [0.3, 0.4) is 0 Å². The van der Waals surface area contributed by atoms with Crippen molar-refractivity contribution in [3.8, 4) is 0 Å². The van der Waals surface area contributed by atoms with Crippen molar-refractivity contribution in [2.24, 2.45) is 5.92 Å². The second-order valence-corrected chi connectivity index (χ2v) is 4.08. The molecule has 0 spiro atoms. The lowest BCUT2D eigenvalue weighted by Gasteiger charge is -2.26. The third kappa shape index (κ3) is 7.47. The normalized spacial score (nSPS) is 27.7.